The van der Waals surface area contributed by atoms with E-state index in [9.17, 15) is 4.79 Å². The van der Waals surface area contributed by atoms with E-state index >= 15 is 0 Å². The molecule has 0 bridgehead atoms. The number of rotatable bonds is 2. The summed E-state index contributed by atoms with van der Waals surface area (Å²) in [6.07, 6.45) is 12.0. The van der Waals surface area contributed by atoms with Crippen LogP contribution in [0.4, 0.5) is 0 Å². The highest BCUT2D eigenvalue weighted by atomic mass is 16.2. The highest BCUT2D eigenvalue weighted by molar-refractivity contribution is 5.99. The quantitative estimate of drug-likeness (QED) is 0.728. The van der Waals surface area contributed by atoms with Crippen molar-refractivity contribution in [3.63, 3.8) is 0 Å². The zero-order chi connectivity index (χ0) is 16.5. The number of pyridine rings is 1. The smallest absolute Gasteiger partial charge is 0.259 e. The van der Waals surface area contributed by atoms with Gasteiger partial charge in [0.1, 0.15) is 5.56 Å². The molecule has 1 amide bonds. The zero-order valence-corrected chi connectivity index (χ0v) is 13.6. The monoisotopic (exact) mass is 321 g/mol. The number of fused-ring (bicyclic) bond motifs is 1. The zero-order valence-electron chi connectivity index (χ0n) is 13.6. The minimum absolute atomic E-state index is 0.00472. The first-order chi connectivity index (χ1) is 11.7. The molecule has 24 heavy (non-hydrogen) atoms. The number of carbonyl (C=O) groups is 1. The van der Waals surface area contributed by atoms with E-state index in [0.717, 1.165) is 36.9 Å². The summed E-state index contributed by atoms with van der Waals surface area (Å²) in [7, 11) is 0. The molecule has 0 saturated carbocycles. The van der Waals surface area contributed by atoms with E-state index in [2.05, 4.69) is 15.1 Å². The predicted molar refractivity (Wildman–Crippen MR) is 89.6 cm³/mol. The van der Waals surface area contributed by atoms with Crippen molar-refractivity contribution in [2.45, 2.75) is 32.2 Å². The summed E-state index contributed by atoms with van der Waals surface area (Å²) in [6, 6.07) is 4.04. The lowest BCUT2D eigenvalue weighted by Gasteiger charge is -2.35. The van der Waals surface area contributed by atoms with Gasteiger partial charge in [0.2, 0.25) is 0 Å². The van der Waals surface area contributed by atoms with Crippen molar-refractivity contribution < 1.29 is 4.79 Å². The van der Waals surface area contributed by atoms with Gasteiger partial charge in [-0.15, -0.1) is 0 Å². The summed E-state index contributed by atoms with van der Waals surface area (Å²) in [5, 5.41) is 4.29. The molecule has 0 aromatic carbocycles. The Hall–Kier alpha value is -2.76. The Labute approximate surface area is 140 Å². The van der Waals surface area contributed by atoms with Crippen molar-refractivity contribution >= 4 is 11.6 Å². The molecule has 1 aliphatic heterocycles. The van der Waals surface area contributed by atoms with Gasteiger partial charge in [-0.05, 0) is 43.4 Å². The third-order valence-electron chi connectivity index (χ3n) is 4.55. The van der Waals surface area contributed by atoms with E-state index in [0.29, 0.717) is 11.2 Å². The fraction of sp³-hybridized carbons (Fsp3) is 0.333. The highest BCUT2D eigenvalue weighted by Crippen LogP contribution is 2.32. The highest BCUT2D eigenvalue weighted by Gasteiger charge is 2.30. The Balaban J connectivity index is 1.71. The number of amides is 1. The largest absolute Gasteiger partial charge is 0.331 e. The molecule has 1 atom stereocenters. The molecule has 4 rings (SSSR count). The molecule has 1 fully saturated rings. The van der Waals surface area contributed by atoms with Gasteiger partial charge in [0, 0.05) is 31.3 Å². The molecule has 3 aromatic rings. The maximum absolute atomic E-state index is 13.2. The molecule has 6 nitrogen and oxygen atoms in total. The maximum atomic E-state index is 13.2. The lowest BCUT2D eigenvalue weighted by molar-refractivity contribution is 0.0613. The third kappa shape index (κ3) is 2.54. The van der Waals surface area contributed by atoms with Crippen LogP contribution in [-0.2, 0) is 0 Å². The van der Waals surface area contributed by atoms with E-state index in [1.807, 2.05) is 36.4 Å². The fourth-order valence-electron chi connectivity index (χ4n) is 3.37. The van der Waals surface area contributed by atoms with Crippen LogP contribution in [0.25, 0.3) is 5.65 Å². The lowest BCUT2D eigenvalue weighted by Crippen LogP contribution is -2.38. The van der Waals surface area contributed by atoms with Gasteiger partial charge in [0.15, 0.2) is 5.65 Å². The standard InChI is InChI=1S/C18H19N5O/c1-13-9-20-17-15(11-21-23(17)12-13)18(24)22-8-3-2-6-16(22)14-5-4-7-19-10-14/h4-5,7,9-12,16H,2-3,6,8H2,1H3. The minimum Gasteiger partial charge on any atom is -0.331 e. The van der Waals surface area contributed by atoms with E-state index in [4.69, 9.17) is 0 Å². The summed E-state index contributed by atoms with van der Waals surface area (Å²) in [6.45, 7) is 2.71. The fourth-order valence-corrected chi connectivity index (χ4v) is 3.37. The van der Waals surface area contributed by atoms with Crippen LogP contribution >= 0.6 is 0 Å². The SMILES string of the molecule is Cc1cnc2c(C(=O)N3CCCCC3c3cccnc3)cnn2c1. The normalized spacial score (nSPS) is 18.0. The molecule has 4 heterocycles. The number of nitrogens with zero attached hydrogens (tertiary/aromatic N) is 5. The van der Waals surface area contributed by atoms with Crippen molar-refractivity contribution in [3.05, 3.63) is 59.8 Å². The second-order valence-corrected chi connectivity index (χ2v) is 6.25. The molecular weight excluding hydrogens is 302 g/mol. The van der Waals surface area contributed by atoms with Gasteiger partial charge in [-0.3, -0.25) is 9.78 Å². The number of aryl methyl sites for hydroxylation is 1. The first-order valence-corrected chi connectivity index (χ1v) is 8.25. The van der Waals surface area contributed by atoms with Crippen LogP contribution < -0.4 is 0 Å². The van der Waals surface area contributed by atoms with Crippen molar-refractivity contribution in [1.29, 1.82) is 0 Å². The predicted octanol–water partition coefficient (Wildman–Crippen LogP) is 2.80. The third-order valence-corrected chi connectivity index (χ3v) is 4.55. The Morgan fingerprint density at radius 3 is 3.00 bits per heavy atom. The number of likely N-dealkylation sites (tertiary alicyclic amines) is 1. The molecule has 3 aromatic heterocycles. The van der Waals surface area contributed by atoms with E-state index < -0.39 is 0 Å². The maximum Gasteiger partial charge on any atom is 0.259 e. The number of hydrogen-bond acceptors (Lipinski definition) is 4. The molecule has 0 spiro atoms. The molecule has 0 aliphatic carbocycles. The summed E-state index contributed by atoms with van der Waals surface area (Å²) < 4.78 is 1.67. The van der Waals surface area contributed by atoms with Gasteiger partial charge >= 0.3 is 0 Å². The average molecular weight is 321 g/mol. The molecule has 0 N–H and O–H groups in total. The Kier molecular flexibility index (Phi) is 3.72. The van der Waals surface area contributed by atoms with Gasteiger partial charge in [-0.25, -0.2) is 9.50 Å². The van der Waals surface area contributed by atoms with Gasteiger partial charge in [0.05, 0.1) is 12.2 Å². The lowest BCUT2D eigenvalue weighted by atomic mass is 9.96. The van der Waals surface area contributed by atoms with Crippen LogP contribution in [0.2, 0.25) is 0 Å². The molecular formula is C18H19N5O. The van der Waals surface area contributed by atoms with Gasteiger partial charge < -0.3 is 4.90 Å². The average Bonchev–Trinajstić information content (AvgIpc) is 3.05. The topological polar surface area (TPSA) is 63.4 Å². The number of hydrogen-bond donors (Lipinski definition) is 0. The summed E-state index contributed by atoms with van der Waals surface area (Å²) in [4.78, 5) is 23.7. The van der Waals surface area contributed by atoms with Crippen LogP contribution in [0.15, 0.2) is 43.1 Å². The second kappa shape index (κ2) is 6.03. The summed E-state index contributed by atoms with van der Waals surface area (Å²) in [5.41, 5.74) is 3.27. The Morgan fingerprint density at radius 2 is 2.17 bits per heavy atom. The summed E-state index contributed by atoms with van der Waals surface area (Å²) in [5.74, 6) is -0.00472. The molecule has 0 radical (unpaired) electrons. The first kappa shape index (κ1) is 14.8. The van der Waals surface area contributed by atoms with Crippen molar-refractivity contribution in [1.82, 2.24) is 24.5 Å². The van der Waals surface area contributed by atoms with Crippen LogP contribution in [-0.4, -0.2) is 36.9 Å². The molecule has 1 aliphatic rings. The van der Waals surface area contributed by atoms with Crippen LogP contribution in [0, 0.1) is 6.92 Å². The number of aromatic nitrogens is 4. The van der Waals surface area contributed by atoms with Crippen LogP contribution in [0.1, 0.15) is 46.8 Å². The molecule has 6 heteroatoms. The van der Waals surface area contributed by atoms with Gasteiger partial charge in [-0.2, -0.15) is 5.10 Å². The Morgan fingerprint density at radius 1 is 1.25 bits per heavy atom. The van der Waals surface area contributed by atoms with E-state index in [1.165, 1.54) is 0 Å². The van der Waals surface area contributed by atoms with Gasteiger partial charge in [-0.1, -0.05) is 6.07 Å². The van der Waals surface area contributed by atoms with Gasteiger partial charge in [0.25, 0.3) is 5.91 Å². The molecule has 1 saturated heterocycles. The summed E-state index contributed by atoms with van der Waals surface area (Å²) >= 11 is 0. The number of carbonyl (C=O) groups excluding carboxylic acids is 1. The van der Waals surface area contributed by atoms with Crippen LogP contribution in [0.3, 0.4) is 0 Å². The number of piperidine rings is 1. The second-order valence-electron chi connectivity index (χ2n) is 6.25. The molecule has 122 valence electrons. The first-order valence-electron chi connectivity index (χ1n) is 8.25. The molecule has 1 unspecified atom stereocenters. The van der Waals surface area contributed by atoms with Crippen molar-refractivity contribution in [2.24, 2.45) is 0 Å². The van der Waals surface area contributed by atoms with Crippen molar-refractivity contribution in [3.8, 4) is 0 Å². The Bertz CT molecular complexity index is 874. The van der Waals surface area contributed by atoms with Crippen molar-refractivity contribution in [2.75, 3.05) is 6.54 Å². The van der Waals surface area contributed by atoms with Crippen LogP contribution in [0.5, 0.6) is 0 Å². The van der Waals surface area contributed by atoms with E-state index in [1.54, 1.807) is 23.1 Å². The van der Waals surface area contributed by atoms with E-state index in [-0.39, 0.29) is 11.9 Å². The minimum atomic E-state index is -0.00472.